The van der Waals surface area contributed by atoms with E-state index in [0.717, 1.165) is 10.2 Å². The number of carbonyl (C=O) groups is 2. The van der Waals surface area contributed by atoms with Crippen LogP contribution in [0, 0.1) is 0 Å². The van der Waals surface area contributed by atoms with Gasteiger partial charge in [0, 0.05) is 37.1 Å². The first-order valence-corrected chi connectivity index (χ1v) is 8.85. The number of anilines is 2. The molecule has 2 aromatic carbocycles. The Morgan fingerprint density at radius 3 is 2.44 bits per heavy atom. The Morgan fingerprint density at radius 2 is 1.80 bits per heavy atom. The van der Waals surface area contributed by atoms with Crippen LogP contribution in [0.1, 0.15) is 16.8 Å². The smallest absolute Gasteiger partial charge is 0.251 e. The van der Waals surface area contributed by atoms with Gasteiger partial charge in [0.15, 0.2) is 0 Å². The van der Waals surface area contributed by atoms with Gasteiger partial charge in [-0.25, -0.2) is 0 Å². The molecule has 0 aliphatic heterocycles. The summed E-state index contributed by atoms with van der Waals surface area (Å²) in [5.41, 5.74) is 1.94. The maximum absolute atomic E-state index is 12.1. The third-order valence-electron chi connectivity index (χ3n) is 3.45. The second kappa shape index (κ2) is 8.87. The first-order valence-electron chi connectivity index (χ1n) is 7.68. The molecular weight excluding hydrogens is 406 g/mol. The highest BCUT2D eigenvalue weighted by molar-refractivity contribution is 9.10. The first kappa shape index (κ1) is 19.3. The summed E-state index contributed by atoms with van der Waals surface area (Å²) in [5, 5.41) is 6.12. The molecule has 0 heterocycles. The van der Waals surface area contributed by atoms with Gasteiger partial charge in [0.2, 0.25) is 5.91 Å². The van der Waals surface area contributed by atoms with E-state index in [-0.39, 0.29) is 24.8 Å². The molecule has 132 valence electrons. The highest BCUT2D eigenvalue weighted by Crippen LogP contribution is 2.32. The molecule has 0 unspecified atom stereocenters. The van der Waals surface area contributed by atoms with Crippen molar-refractivity contribution in [1.29, 1.82) is 0 Å². The molecule has 25 heavy (non-hydrogen) atoms. The zero-order chi connectivity index (χ0) is 18.4. The average molecular weight is 425 g/mol. The molecule has 2 aromatic rings. The highest BCUT2D eigenvalue weighted by Gasteiger charge is 2.12. The Balaban J connectivity index is 1.88. The van der Waals surface area contributed by atoms with Crippen LogP contribution in [0.5, 0.6) is 0 Å². The van der Waals surface area contributed by atoms with Gasteiger partial charge in [0.1, 0.15) is 0 Å². The number of amides is 2. The van der Waals surface area contributed by atoms with Crippen molar-refractivity contribution in [2.24, 2.45) is 0 Å². The van der Waals surface area contributed by atoms with E-state index in [2.05, 4.69) is 26.6 Å². The first-order chi connectivity index (χ1) is 11.9. The van der Waals surface area contributed by atoms with E-state index in [0.29, 0.717) is 16.3 Å². The summed E-state index contributed by atoms with van der Waals surface area (Å²) in [6.45, 7) is 0.249. The van der Waals surface area contributed by atoms with Crippen LogP contribution in [0.25, 0.3) is 0 Å². The lowest BCUT2D eigenvalue weighted by Gasteiger charge is -2.19. The molecule has 0 atom stereocenters. The van der Waals surface area contributed by atoms with E-state index in [4.69, 9.17) is 11.6 Å². The Bertz CT molecular complexity index is 763. The number of nitrogens with zero attached hydrogens (tertiary/aromatic N) is 1. The summed E-state index contributed by atoms with van der Waals surface area (Å²) in [4.78, 5) is 26.0. The standard InChI is InChI=1S/C18H19BrClN3O2/c1-23(2)17-14(20)4-3-5-15(17)22-16(24)10-11-21-18(25)12-6-8-13(19)9-7-12/h3-9H,10-11H2,1-2H3,(H,21,25)(H,22,24). The summed E-state index contributed by atoms with van der Waals surface area (Å²) in [5.74, 6) is -0.404. The van der Waals surface area contributed by atoms with Crippen LogP contribution in [-0.4, -0.2) is 32.5 Å². The van der Waals surface area contributed by atoms with Crippen molar-refractivity contribution in [3.05, 3.63) is 57.5 Å². The molecule has 0 aromatic heterocycles. The van der Waals surface area contributed by atoms with Crippen molar-refractivity contribution >= 4 is 50.7 Å². The van der Waals surface area contributed by atoms with E-state index >= 15 is 0 Å². The minimum atomic E-state index is -0.211. The van der Waals surface area contributed by atoms with Crippen LogP contribution in [0.2, 0.25) is 5.02 Å². The van der Waals surface area contributed by atoms with Gasteiger partial charge in [-0.2, -0.15) is 0 Å². The van der Waals surface area contributed by atoms with Crippen LogP contribution >= 0.6 is 27.5 Å². The summed E-state index contributed by atoms with van der Waals surface area (Å²) in [6, 6.07) is 12.4. The Kier molecular flexibility index (Phi) is 6.84. The number of nitrogens with one attached hydrogen (secondary N) is 2. The molecule has 2 amide bonds. The quantitative estimate of drug-likeness (QED) is 0.739. The van der Waals surface area contributed by atoms with Gasteiger partial charge < -0.3 is 15.5 Å². The van der Waals surface area contributed by atoms with E-state index < -0.39 is 0 Å². The van der Waals surface area contributed by atoms with Gasteiger partial charge in [-0.3, -0.25) is 9.59 Å². The minimum Gasteiger partial charge on any atom is -0.375 e. The number of hydrogen-bond acceptors (Lipinski definition) is 3. The fourth-order valence-corrected chi connectivity index (χ4v) is 2.88. The molecule has 0 bridgehead atoms. The van der Waals surface area contributed by atoms with Gasteiger partial charge in [-0.05, 0) is 36.4 Å². The lowest BCUT2D eigenvalue weighted by atomic mass is 10.2. The van der Waals surface area contributed by atoms with Gasteiger partial charge >= 0.3 is 0 Å². The maximum atomic E-state index is 12.1. The molecule has 2 rings (SSSR count). The highest BCUT2D eigenvalue weighted by atomic mass is 79.9. The van der Waals surface area contributed by atoms with Crippen molar-refractivity contribution in [2.75, 3.05) is 30.9 Å². The van der Waals surface area contributed by atoms with Crippen molar-refractivity contribution in [1.82, 2.24) is 5.32 Å². The fourth-order valence-electron chi connectivity index (χ4n) is 2.28. The lowest BCUT2D eigenvalue weighted by molar-refractivity contribution is -0.116. The number of halogens is 2. The average Bonchev–Trinajstić information content (AvgIpc) is 2.55. The normalized spacial score (nSPS) is 10.2. The summed E-state index contributed by atoms with van der Waals surface area (Å²) < 4.78 is 0.904. The van der Waals surface area contributed by atoms with Gasteiger partial charge in [0.05, 0.1) is 16.4 Å². The molecule has 0 spiro atoms. The van der Waals surface area contributed by atoms with Crippen molar-refractivity contribution < 1.29 is 9.59 Å². The second-order valence-corrected chi connectivity index (χ2v) is 6.91. The van der Waals surface area contributed by atoms with Crippen molar-refractivity contribution in [3.8, 4) is 0 Å². The molecule has 0 saturated heterocycles. The fraction of sp³-hybridized carbons (Fsp3) is 0.222. The van der Waals surface area contributed by atoms with Crippen molar-refractivity contribution in [3.63, 3.8) is 0 Å². The predicted molar refractivity (Wildman–Crippen MR) is 106 cm³/mol. The molecule has 5 nitrogen and oxygen atoms in total. The molecule has 2 N–H and O–H groups in total. The summed E-state index contributed by atoms with van der Waals surface area (Å²) in [7, 11) is 3.71. The third kappa shape index (κ3) is 5.47. The Labute approximate surface area is 160 Å². The van der Waals surface area contributed by atoms with Crippen LogP contribution in [0.4, 0.5) is 11.4 Å². The van der Waals surface area contributed by atoms with E-state index in [1.54, 1.807) is 42.5 Å². The van der Waals surface area contributed by atoms with Crippen LogP contribution in [0.3, 0.4) is 0 Å². The SMILES string of the molecule is CN(C)c1c(Cl)cccc1NC(=O)CCNC(=O)c1ccc(Br)cc1. The van der Waals surface area contributed by atoms with Gasteiger partial charge in [0.25, 0.3) is 5.91 Å². The number of carbonyl (C=O) groups excluding carboxylic acids is 2. The van der Waals surface area contributed by atoms with Crippen LogP contribution < -0.4 is 15.5 Å². The zero-order valence-corrected chi connectivity index (χ0v) is 16.3. The van der Waals surface area contributed by atoms with Crippen LogP contribution in [-0.2, 0) is 4.79 Å². The molecule has 0 fully saturated rings. The monoisotopic (exact) mass is 423 g/mol. The molecule has 7 heteroatoms. The molecule has 0 saturated carbocycles. The molecule has 0 radical (unpaired) electrons. The largest absolute Gasteiger partial charge is 0.375 e. The van der Waals surface area contributed by atoms with E-state index in [1.807, 2.05) is 19.0 Å². The lowest BCUT2D eigenvalue weighted by Crippen LogP contribution is -2.27. The minimum absolute atomic E-state index is 0.168. The van der Waals surface area contributed by atoms with Crippen molar-refractivity contribution in [2.45, 2.75) is 6.42 Å². The number of benzene rings is 2. The maximum Gasteiger partial charge on any atom is 0.251 e. The molecule has 0 aliphatic carbocycles. The topological polar surface area (TPSA) is 61.4 Å². The Morgan fingerprint density at radius 1 is 1.12 bits per heavy atom. The number of para-hydroxylation sites is 1. The van der Waals surface area contributed by atoms with Gasteiger partial charge in [-0.1, -0.05) is 33.6 Å². The van der Waals surface area contributed by atoms with Gasteiger partial charge in [-0.15, -0.1) is 0 Å². The van der Waals surface area contributed by atoms with E-state index in [1.165, 1.54) is 0 Å². The number of rotatable bonds is 6. The predicted octanol–water partition coefficient (Wildman–Crippen LogP) is 3.93. The summed E-state index contributed by atoms with van der Waals surface area (Å²) >= 11 is 9.50. The zero-order valence-electron chi connectivity index (χ0n) is 14.0. The summed E-state index contributed by atoms with van der Waals surface area (Å²) in [6.07, 6.45) is 0.168. The molecule has 0 aliphatic rings. The third-order valence-corrected chi connectivity index (χ3v) is 4.29. The number of hydrogen-bond donors (Lipinski definition) is 2. The van der Waals surface area contributed by atoms with Crippen LogP contribution in [0.15, 0.2) is 46.9 Å². The second-order valence-electron chi connectivity index (χ2n) is 5.59. The Hall–Kier alpha value is -2.05. The van der Waals surface area contributed by atoms with E-state index in [9.17, 15) is 9.59 Å². The molecular formula is C18H19BrClN3O2.